The van der Waals surface area contributed by atoms with E-state index in [2.05, 4.69) is 0 Å². The van der Waals surface area contributed by atoms with Gasteiger partial charge in [0.25, 0.3) is 0 Å². The van der Waals surface area contributed by atoms with Crippen molar-refractivity contribution in [1.29, 1.82) is 0 Å². The van der Waals surface area contributed by atoms with Crippen molar-refractivity contribution in [2.24, 2.45) is 0 Å². The summed E-state index contributed by atoms with van der Waals surface area (Å²) in [5, 5.41) is 0. The van der Waals surface area contributed by atoms with E-state index in [-0.39, 0.29) is 25.0 Å². The second kappa shape index (κ2) is 7.62. The van der Waals surface area contributed by atoms with Gasteiger partial charge in [-0.2, -0.15) is 0 Å². The van der Waals surface area contributed by atoms with E-state index in [1.165, 1.54) is 0 Å². The van der Waals surface area contributed by atoms with E-state index in [4.69, 9.17) is 9.47 Å². The molecule has 0 saturated carbocycles. The minimum Gasteiger partial charge on any atom is -0.426 e. The Hall–Kier alpha value is -1.92. The zero-order valence-corrected chi connectivity index (χ0v) is 12.3. The molecule has 1 aromatic carbocycles. The van der Waals surface area contributed by atoms with E-state index in [9.17, 15) is 9.59 Å². The van der Waals surface area contributed by atoms with Crippen molar-refractivity contribution in [2.75, 3.05) is 41.3 Å². The van der Waals surface area contributed by atoms with Gasteiger partial charge in [0, 0.05) is 0 Å². The van der Waals surface area contributed by atoms with Crippen LogP contribution >= 0.6 is 0 Å². The molecule has 20 heavy (non-hydrogen) atoms. The Labute approximate surface area is 118 Å². The predicted molar refractivity (Wildman–Crippen MR) is 74.8 cm³/mol. The van der Waals surface area contributed by atoms with Gasteiger partial charge in [-0.05, 0) is 52.5 Å². The van der Waals surface area contributed by atoms with Gasteiger partial charge in [-0.25, -0.2) is 0 Å². The van der Waals surface area contributed by atoms with Crippen molar-refractivity contribution >= 4 is 11.9 Å². The Kier molecular flexibility index (Phi) is 6.14. The number of carbonyl (C=O) groups excluding carboxylic acids is 2. The smallest absolute Gasteiger partial charge is 0.325 e. The lowest BCUT2D eigenvalue weighted by Gasteiger charge is -2.11. The van der Waals surface area contributed by atoms with Crippen molar-refractivity contribution in [3.63, 3.8) is 0 Å². The number of hydrogen-bond donors (Lipinski definition) is 0. The Balaban J connectivity index is 2.52. The summed E-state index contributed by atoms with van der Waals surface area (Å²) in [5.74, 6) is 0.160. The molecule has 0 atom stereocenters. The summed E-state index contributed by atoms with van der Waals surface area (Å²) in [5.41, 5.74) is 0. The number of rotatable bonds is 6. The molecule has 0 heterocycles. The first-order chi connectivity index (χ1) is 9.36. The number of benzene rings is 1. The Morgan fingerprint density at radius 1 is 0.800 bits per heavy atom. The van der Waals surface area contributed by atoms with Crippen LogP contribution in [-0.2, 0) is 9.59 Å². The quantitative estimate of drug-likeness (QED) is 0.562. The van der Waals surface area contributed by atoms with Crippen LogP contribution in [0.15, 0.2) is 24.3 Å². The lowest BCUT2D eigenvalue weighted by Crippen LogP contribution is -2.25. The zero-order valence-electron chi connectivity index (χ0n) is 12.3. The molecular weight excluding hydrogens is 260 g/mol. The molecule has 0 aromatic heterocycles. The molecule has 6 heteroatoms. The summed E-state index contributed by atoms with van der Waals surface area (Å²) >= 11 is 0. The normalized spacial score (nSPS) is 10.7. The van der Waals surface area contributed by atoms with Crippen LogP contribution in [0, 0.1) is 0 Å². The van der Waals surface area contributed by atoms with E-state index in [1.54, 1.807) is 62.3 Å². The van der Waals surface area contributed by atoms with Crippen LogP contribution in [0.2, 0.25) is 0 Å². The van der Waals surface area contributed by atoms with Crippen molar-refractivity contribution in [3.05, 3.63) is 24.3 Å². The molecule has 0 fully saturated rings. The Bertz CT molecular complexity index is 412. The molecule has 0 amide bonds. The minimum atomic E-state index is -0.340. The molecule has 0 saturated heterocycles. The molecule has 0 aliphatic heterocycles. The van der Waals surface area contributed by atoms with Crippen LogP contribution in [0.25, 0.3) is 0 Å². The Morgan fingerprint density at radius 3 is 1.35 bits per heavy atom. The fraction of sp³-hybridized carbons (Fsp3) is 0.429. The highest BCUT2D eigenvalue weighted by molar-refractivity contribution is 5.75. The van der Waals surface area contributed by atoms with Crippen LogP contribution in [0.4, 0.5) is 0 Å². The zero-order chi connectivity index (χ0) is 15.1. The Morgan fingerprint density at radius 2 is 1.10 bits per heavy atom. The van der Waals surface area contributed by atoms with E-state index in [1.807, 2.05) is 0 Å². The number of ether oxygens (including phenoxy) is 2. The van der Waals surface area contributed by atoms with Gasteiger partial charge in [0.2, 0.25) is 0 Å². The standard InChI is InChI=1S/C14H20N2O4/c1-15(2)9-13(17)19-11-5-7-12(8-6-11)20-14(18)10-16(3)4/h5-8H,9-10H2,1-4H3. The van der Waals surface area contributed by atoms with Crippen molar-refractivity contribution < 1.29 is 19.1 Å². The van der Waals surface area contributed by atoms with Gasteiger partial charge in [-0.1, -0.05) is 0 Å². The second-order valence-electron chi connectivity index (χ2n) is 4.90. The molecule has 0 radical (unpaired) electrons. The lowest BCUT2D eigenvalue weighted by atomic mass is 10.3. The molecule has 0 unspecified atom stereocenters. The van der Waals surface area contributed by atoms with Gasteiger partial charge < -0.3 is 9.47 Å². The highest BCUT2D eigenvalue weighted by Gasteiger charge is 2.08. The number of likely N-dealkylation sites (N-methyl/N-ethyl adjacent to an activating group) is 2. The van der Waals surface area contributed by atoms with Crippen LogP contribution in [0.1, 0.15) is 0 Å². The van der Waals surface area contributed by atoms with E-state index >= 15 is 0 Å². The highest BCUT2D eigenvalue weighted by Crippen LogP contribution is 2.17. The van der Waals surface area contributed by atoms with Crippen LogP contribution in [-0.4, -0.2) is 63.0 Å². The van der Waals surface area contributed by atoms with E-state index in [0.29, 0.717) is 11.5 Å². The summed E-state index contributed by atoms with van der Waals surface area (Å²) < 4.78 is 10.2. The van der Waals surface area contributed by atoms with Gasteiger partial charge in [-0.15, -0.1) is 0 Å². The summed E-state index contributed by atoms with van der Waals surface area (Å²) in [6.07, 6.45) is 0. The molecule has 0 bridgehead atoms. The van der Waals surface area contributed by atoms with Gasteiger partial charge >= 0.3 is 11.9 Å². The van der Waals surface area contributed by atoms with E-state index in [0.717, 1.165) is 0 Å². The molecule has 0 aliphatic carbocycles. The van der Waals surface area contributed by atoms with Crippen molar-refractivity contribution in [2.45, 2.75) is 0 Å². The van der Waals surface area contributed by atoms with E-state index < -0.39 is 0 Å². The third-order valence-electron chi connectivity index (χ3n) is 2.18. The van der Waals surface area contributed by atoms with Gasteiger partial charge in [0.05, 0.1) is 13.1 Å². The highest BCUT2D eigenvalue weighted by atomic mass is 16.5. The first kappa shape index (κ1) is 16.1. The molecular formula is C14H20N2O4. The number of hydrogen-bond acceptors (Lipinski definition) is 6. The summed E-state index contributed by atoms with van der Waals surface area (Å²) in [7, 11) is 7.15. The second-order valence-corrected chi connectivity index (χ2v) is 4.90. The summed E-state index contributed by atoms with van der Waals surface area (Å²) in [4.78, 5) is 26.3. The maximum Gasteiger partial charge on any atom is 0.325 e. The van der Waals surface area contributed by atoms with Gasteiger partial charge in [0.1, 0.15) is 11.5 Å². The fourth-order valence-corrected chi connectivity index (χ4v) is 1.42. The summed E-state index contributed by atoms with van der Waals surface area (Å²) in [6.45, 7) is 0.416. The molecule has 1 rings (SSSR count). The maximum atomic E-state index is 11.5. The fourth-order valence-electron chi connectivity index (χ4n) is 1.42. The van der Waals surface area contributed by atoms with Crippen LogP contribution in [0.3, 0.4) is 0 Å². The monoisotopic (exact) mass is 280 g/mol. The first-order valence-electron chi connectivity index (χ1n) is 6.17. The summed E-state index contributed by atoms with van der Waals surface area (Å²) in [6, 6.07) is 6.36. The molecule has 0 aliphatic rings. The van der Waals surface area contributed by atoms with Crippen LogP contribution in [0.5, 0.6) is 11.5 Å². The average Bonchev–Trinajstić information content (AvgIpc) is 2.29. The SMILES string of the molecule is CN(C)CC(=O)Oc1ccc(OC(=O)CN(C)C)cc1. The number of nitrogens with zero attached hydrogens (tertiary/aromatic N) is 2. The number of carbonyl (C=O) groups is 2. The lowest BCUT2D eigenvalue weighted by molar-refractivity contribution is -0.136. The molecule has 110 valence electrons. The topological polar surface area (TPSA) is 59.1 Å². The van der Waals surface area contributed by atoms with Crippen molar-refractivity contribution in [3.8, 4) is 11.5 Å². The molecule has 0 spiro atoms. The average molecular weight is 280 g/mol. The number of esters is 2. The third-order valence-corrected chi connectivity index (χ3v) is 2.18. The van der Waals surface area contributed by atoms with Crippen molar-refractivity contribution in [1.82, 2.24) is 9.80 Å². The predicted octanol–water partition coefficient (Wildman–Crippen LogP) is 0.621. The van der Waals surface area contributed by atoms with Crippen LogP contribution < -0.4 is 9.47 Å². The molecule has 6 nitrogen and oxygen atoms in total. The molecule has 0 N–H and O–H groups in total. The molecule has 1 aromatic rings. The van der Waals surface area contributed by atoms with Gasteiger partial charge in [-0.3, -0.25) is 19.4 Å². The maximum absolute atomic E-state index is 11.5. The van der Waals surface area contributed by atoms with Gasteiger partial charge in [0.15, 0.2) is 0 Å². The largest absolute Gasteiger partial charge is 0.426 e. The first-order valence-corrected chi connectivity index (χ1v) is 6.17. The third kappa shape index (κ3) is 6.31. The minimum absolute atomic E-state index is 0.208.